The molecule has 0 saturated carbocycles. The van der Waals surface area contributed by atoms with Crippen LogP contribution in [0.15, 0.2) is 25.4 Å². The van der Waals surface area contributed by atoms with Crippen molar-refractivity contribution in [2.75, 3.05) is 13.6 Å². The fraction of sp³-hybridized carbons (Fsp3) is 0.625. The number of halogens is 1. The zero-order chi connectivity index (χ0) is 16.9. The lowest BCUT2D eigenvalue weighted by Crippen LogP contribution is -2.33. The maximum atomic E-state index is 11.6. The molecule has 4 nitrogen and oxygen atoms in total. The summed E-state index contributed by atoms with van der Waals surface area (Å²) < 4.78 is 5.22. The van der Waals surface area contributed by atoms with Gasteiger partial charge in [-0.3, -0.25) is 4.99 Å². The second-order valence-electron chi connectivity index (χ2n) is 5.99. The van der Waals surface area contributed by atoms with Gasteiger partial charge in [0.2, 0.25) is 0 Å². The van der Waals surface area contributed by atoms with Crippen LogP contribution >= 0.6 is 23.4 Å². The summed E-state index contributed by atoms with van der Waals surface area (Å²) in [6, 6.07) is 0. The molecule has 0 aromatic carbocycles. The van der Waals surface area contributed by atoms with E-state index in [9.17, 15) is 4.79 Å². The van der Waals surface area contributed by atoms with Gasteiger partial charge < -0.3 is 10.1 Å². The van der Waals surface area contributed by atoms with Gasteiger partial charge >= 0.3 is 6.09 Å². The smallest absolute Gasteiger partial charge is 0.407 e. The molecule has 1 aliphatic heterocycles. The van der Waals surface area contributed by atoms with E-state index < -0.39 is 5.60 Å². The Balaban J connectivity index is 2.64. The molecular weight excluding hydrogens is 320 g/mol. The van der Waals surface area contributed by atoms with Crippen LogP contribution in [0, 0.1) is 0 Å². The molecule has 0 bridgehead atoms. The number of rotatable bonds is 4. The Bertz CT molecular complexity index is 531. The molecule has 6 heteroatoms. The summed E-state index contributed by atoms with van der Waals surface area (Å²) in [4.78, 5) is 18.2. The third-order valence-electron chi connectivity index (χ3n) is 3.01. The lowest BCUT2D eigenvalue weighted by molar-refractivity contribution is 0.0529. The average molecular weight is 345 g/mol. The lowest BCUT2D eigenvalue weighted by Gasteiger charge is -2.19. The summed E-state index contributed by atoms with van der Waals surface area (Å²) in [6.07, 6.45) is 1.15. The van der Waals surface area contributed by atoms with Crippen molar-refractivity contribution in [1.82, 2.24) is 5.32 Å². The molecule has 1 amide bonds. The summed E-state index contributed by atoms with van der Waals surface area (Å²) >= 11 is 7.95. The van der Waals surface area contributed by atoms with E-state index in [-0.39, 0.29) is 6.09 Å². The van der Waals surface area contributed by atoms with Crippen LogP contribution in [0.25, 0.3) is 0 Å². The molecule has 0 atom stereocenters. The van der Waals surface area contributed by atoms with Gasteiger partial charge in [0.15, 0.2) is 0 Å². The topological polar surface area (TPSA) is 50.7 Å². The van der Waals surface area contributed by atoms with E-state index >= 15 is 0 Å². The second-order valence-corrected chi connectivity index (χ2v) is 7.55. The largest absolute Gasteiger partial charge is 0.444 e. The van der Waals surface area contributed by atoms with Crippen molar-refractivity contribution >= 4 is 35.2 Å². The monoisotopic (exact) mass is 344 g/mol. The van der Waals surface area contributed by atoms with Crippen molar-refractivity contribution in [2.45, 2.75) is 53.1 Å². The Labute approximate surface area is 142 Å². The fourth-order valence-electron chi connectivity index (χ4n) is 1.99. The zero-order valence-electron chi connectivity index (χ0n) is 14.2. The predicted octanol–water partition coefficient (Wildman–Crippen LogP) is 4.85. The number of carbonyl (C=O) groups is 1. The predicted molar refractivity (Wildman–Crippen MR) is 95.7 cm³/mol. The first kappa shape index (κ1) is 19.1. The van der Waals surface area contributed by atoms with Crippen LogP contribution in [-0.4, -0.2) is 31.0 Å². The minimum Gasteiger partial charge on any atom is -0.444 e. The van der Waals surface area contributed by atoms with Gasteiger partial charge in [-0.1, -0.05) is 30.3 Å². The van der Waals surface area contributed by atoms with Crippen LogP contribution in [0.3, 0.4) is 0 Å². The molecule has 1 aliphatic rings. The highest BCUT2D eigenvalue weighted by Gasteiger charge is 2.25. The Morgan fingerprint density at radius 3 is 2.55 bits per heavy atom. The molecule has 0 aliphatic carbocycles. The van der Waals surface area contributed by atoms with Crippen LogP contribution in [0.1, 0.15) is 47.5 Å². The van der Waals surface area contributed by atoms with Crippen molar-refractivity contribution in [1.29, 1.82) is 0 Å². The van der Waals surface area contributed by atoms with Crippen LogP contribution in [0.4, 0.5) is 4.79 Å². The lowest BCUT2D eigenvalue weighted by atomic mass is 10.1. The third-order valence-corrected chi connectivity index (χ3v) is 4.98. The van der Waals surface area contributed by atoms with Gasteiger partial charge in [-0.2, -0.15) is 0 Å². The number of amides is 1. The van der Waals surface area contributed by atoms with E-state index in [1.165, 1.54) is 4.91 Å². The van der Waals surface area contributed by atoms with Crippen molar-refractivity contribution in [3.63, 3.8) is 0 Å². The summed E-state index contributed by atoms with van der Waals surface area (Å²) in [6.45, 7) is 10.1. The average Bonchev–Trinajstić information content (AvgIpc) is 2.72. The van der Waals surface area contributed by atoms with Crippen LogP contribution in [-0.2, 0) is 4.74 Å². The molecule has 1 heterocycles. The number of allylic oxidation sites excluding steroid dienone is 3. The number of alkyl carbamates (subject to hydrolysis) is 1. The first-order chi connectivity index (χ1) is 10.2. The van der Waals surface area contributed by atoms with E-state index in [0.29, 0.717) is 6.54 Å². The number of thioether (sulfide) groups is 1. The maximum Gasteiger partial charge on any atom is 0.407 e. The van der Waals surface area contributed by atoms with Gasteiger partial charge in [-0.05, 0) is 51.0 Å². The van der Waals surface area contributed by atoms with Gasteiger partial charge in [0.25, 0.3) is 0 Å². The Morgan fingerprint density at radius 1 is 1.41 bits per heavy atom. The third kappa shape index (κ3) is 5.36. The Morgan fingerprint density at radius 2 is 2.05 bits per heavy atom. The van der Waals surface area contributed by atoms with E-state index in [2.05, 4.69) is 10.3 Å². The molecule has 0 aromatic rings. The standard InChI is InChI=1S/C16H25ClN2O2S/c1-7-11(17)14-13(18-6)10(2)12(22-14)8-9-19-15(20)21-16(3,4)5/h7-9H2,1-6H3,(H,19,20)/b14-11-,18-13?. The summed E-state index contributed by atoms with van der Waals surface area (Å²) in [5, 5.41) is 3.61. The number of nitrogens with one attached hydrogen (secondary N) is 1. The van der Waals surface area contributed by atoms with Gasteiger partial charge in [-0.25, -0.2) is 4.79 Å². The van der Waals surface area contributed by atoms with E-state index in [1.807, 2.05) is 34.6 Å². The quantitative estimate of drug-likeness (QED) is 0.792. The first-order valence-electron chi connectivity index (χ1n) is 7.40. The highest BCUT2D eigenvalue weighted by molar-refractivity contribution is 8.08. The number of carbonyl (C=O) groups excluding carboxylic acids is 1. The molecule has 124 valence electrons. The maximum absolute atomic E-state index is 11.6. The van der Waals surface area contributed by atoms with Crippen molar-refractivity contribution in [3.05, 3.63) is 20.4 Å². The summed E-state index contributed by atoms with van der Waals surface area (Å²) in [5.74, 6) is 0. The minimum absolute atomic E-state index is 0.388. The normalized spacial score (nSPS) is 19.7. The van der Waals surface area contributed by atoms with Crippen molar-refractivity contribution in [3.8, 4) is 0 Å². The summed E-state index contributed by atoms with van der Waals surface area (Å²) in [5.41, 5.74) is 1.62. The zero-order valence-corrected chi connectivity index (χ0v) is 15.7. The second kappa shape index (κ2) is 8.06. The van der Waals surface area contributed by atoms with Crippen LogP contribution < -0.4 is 5.32 Å². The van der Waals surface area contributed by atoms with Gasteiger partial charge in [0.05, 0.1) is 10.6 Å². The molecule has 0 unspecified atom stereocenters. The first-order valence-corrected chi connectivity index (χ1v) is 8.59. The Hall–Kier alpha value is -0.940. The fourth-order valence-corrected chi connectivity index (χ4v) is 3.50. The highest BCUT2D eigenvalue weighted by Crippen LogP contribution is 2.43. The van der Waals surface area contributed by atoms with Crippen molar-refractivity contribution in [2.24, 2.45) is 4.99 Å². The molecule has 0 aromatic heterocycles. The molecule has 0 radical (unpaired) electrons. The number of hydrogen-bond donors (Lipinski definition) is 1. The SMILES string of the molecule is CC/C(Cl)=C1/SC(CCNC(=O)OC(C)(C)C)=C(C)C1=NC. The number of hydrogen-bond acceptors (Lipinski definition) is 4. The molecule has 0 saturated heterocycles. The van der Waals surface area contributed by atoms with E-state index in [4.69, 9.17) is 16.3 Å². The molecule has 0 fully saturated rings. The molecular formula is C16H25ClN2O2S. The van der Waals surface area contributed by atoms with Gasteiger partial charge in [0, 0.05) is 18.6 Å². The van der Waals surface area contributed by atoms with Crippen LogP contribution in [0.2, 0.25) is 0 Å². The Kier molecular flexibility index (Phi) is 7.00. The molecule has 1 N–H and O–H groups in total. The number of nitrogens with zero attached hydrogens (tertiary/aromatic N) is 1. The van der Waals surface area contributed by atoms with Crippen LogP contribution in [0.5, 0.6) is 0 Å². The number of aliphatic imine (C=N–C) groups is 1. The van der Waals surface area contributed by atoms with Gasteiger partial charge in [-0.15, -0.1) is 0 Å². The molecule has 22 heavy (non-hydrogen) atoms. The van der Waals surface area contributed by atoms with Crippen molar-refractivity contribution < 1.29 is 9.53 Å². The minimum atomic E-state index is -0.478. The number of ether oxygens (including phenoxy) is 1. The van der Waals surface area contributed by atoms with Gasteiger partial charge in [0.1, 0.15) is 5.60 Å². The molecule has 0 spiro atoms. The highest BCUT2D eigenvalue weighted by atomic mass is 35.5. The van der Waals surface area contributed by atoms with E-state index in [1.54, 1.807) is 18.8 Å². The molecule has 1 rings (SSSR count). The summed E-state index contributed by atoms with van der Waals surface area (Å²) in [7, 11) is 1.78. The van der Waals surface area contributed by atoms with E-state index in [0.717, 1.165) is 34.1 Å².